The van der Waals surface area contributed by atoms with Gasteiger partial charge in [0.05, 0.1) is 30.7 Å². The highest BCUT2D eigenvalue weighted by atomic mass is 79.9. The van der Waals surface area contributed by atoms with Crippen LogP contribution in [0.25, 0.3) is 22.0 Å². The maximum atomic E-state index is 11.7. The number of pyridine rings is 1. The molecule has 0 amide bonds. The summed E-state index contributed by atoms with van der Waals surface area (Å²) < 4.78 is 30.1. The zero-order valence-electron chi connectivity index (χ0n) is 19.9. The fourth-order valence-electron chi connectivity index (χ4n) is 4.72. The molecule has 0 bridgehead atoms. The highest BCUT2D eigenvalue weighted by Gasteiger charge is 2.28. The van der Waals surface area contributed by atoms with Gasteiger partial charge in [0, 0.05) is 12.5 Å². The Morgan fingerprint density at radius 1 is 1.00 bits per heavy atom. The molecule has 6 rings (SSSR count). The van der Waals surface area contributed by atoms with Crippen LogP contribution in [0.15, 0.2) is 60.8 Å². The molecule has 0 atom stereocenters. The molecule has 7 nitrogen and oxygen atoms in total. The smallest absolute Gasteiger partial charge is 0.337 e. The van der Waals surface area contributed by atoms with E-state index >= 15 is 0 Å². The number of methoxy groups -OCH3 is 2. The largest absolute Gasteiger partial charge is 1.00 e. The first-order valence-corrected chi connectivity index (χ1v) is 11.4. The van der Waals surface area contributed by atoms with E-state index in [0.717, 1.165) is 52.1 Å². The molecule has 8 heteroatoms. The van der Waals surface area contributed by atoms with E-state index in [0.29, 0.717) is 23.7 Å². The van der Waals surface area contributed by atoms with Crippen LogP contribution in [0.2, 0.25) is 0 Å². The maximum Gasteiger partial charge on any atom is 0.337 e. The number of rotatable bonds is 5. The molecule has 4 aromatic rings. The molecule has 184 valence electrons. The standard InChI is InChI=1S/C28H24NO6.BrH/c1-31-24-8-7-19-11-23-21-13-26-25(34-16-35-26)12-20(21)9-10-29(23)14-22(19)27(24)33-15-17-3-5-18(6-4-17)28(30)32-2;/h3-8,11-14H,9-10,15-16H2,1-2H3;1H/q+1;/p-1. The monoisotopic (exact) mass is 549 g/mol. The molecule has 3 aromatic carbocycles. The molecule has 0 unspecified atom stereocenters. The van der Waals surface area contributed by atoms with Crippen molar-refractivity contribution in [1.29, 1.82) is 0 Å². The van der Waals surface area contributed by atoms with Gasteiger partial charge in [-0.1, -0.05) is 12.1 Å². The lowest BCUT2D eigenvalue weighted by molar-refractivity contribution is -0.686. The zero-order chi connectivity index (χ0) is 23.9. The first-order chi connectivity index (χ1) is 17.1. The second-order valence-electron chi connectivity index (χ2n) is 8.54. The van der Waals surface area contributed by atoms with Crippen LogP contribution in [0.4, 0.5) is 0 Å². The Morgan fingerprint density at radius 2 is 1.78 bits per heavy atom. The van der Waals surface area contributed by atoms with E-state index in [1.165, 1.54) is 12.7 Å². The fourth-order valence-corrected chi connectivity index (χ4v) is 4.72. The number of hydrogen-bond donors (Lipinski definition) is 0. The van der Waals surface area contributed by atoms with E-state index in [4.69, 9.17) is 23.7 Å². The number of aromatic nitrogens is 1. The maximum absolute atomic E-state index is 11.7. The van der Waals surface area contributed by atoms with Crippen molar-refractivity contribution < 1.29 is 50.0 Å². The molecule has 0 radical (unpaired) electrons. The highest BCUT2D eigenvalue weighted by molar-refractivity contribution is 5.92. The van der Waals surface area contributed by atoms with Crippen molar-refractivity contribution in [3.8, 4) is 34.3 Å². The molecule has 0 N–H and O–H groups in total. The summed E-state index contributed by atoms with van der Waals surface area (Å²) in [5, 5.41) is 2.03. The Bertz CT molecular complexity index is 1470. The van der Waals surface area contributed by atoms with Crippen molar-refractivity contribution >= 4 is 16.7 Å². The van der Waals surface area contributed by atoms with Crippen molar-refractivity contribution in [1.82, 2.24) is 0 Å². The molecule has 2 aliphatic heterocycles. The van der Waals surface area contributed by atoms with Gasteiger partial charge in [0.2, 0.25) is 12.5 Å². The Balaban J connectivity index is 0.00000267. The quantitative estimate of drug-likeness (QED) is 0.277. The van der Waals surface area contributed by atoms with Gasteiger partial charge < -0.3 is 40.7 Å². The predicted octanol–water partition coefficient (Wildman–Crippen LogP) is 1.46. The van der Waals surface area contributed by atoms with Gasteiger partial charge in [-0.3, -0.25) is 0 Å². The molecule has 36 heavy (non-hydrogen) atoms. The molecule has 1 aromatic heterocycles. The Hall–Kier alpha value is -3.78. The van der Waals surface area contributed by atoms with E-state index in [2.05, 4.69) is 29.0 Å². The number of carbonyl (C=O) groups excluding carboxylic acids is 1. The van der Waals surface area contributed by atoms with Gasteiger partial charge in [0.15, 0.2) is 35.7 Å². The Morgan fingerprint density at radius 3 is 2.53 bits per heavy atom. The Labute approximate surface area is 218 Å². The van der Waals surface area contributed by atoms with Crippen LogP contribution in [0.3, 0.4) is 0 Å². The number of hydrogen-bond acceptors (Lipinski definition) is 6. The van der Waals surface area contributed by atoms with Crippen molar-refractivity contribution in [2.24, 2.45) is 0 Å². The third-order valence-electron chi connectivity index (χ3n) is 6.55. The van der Waals surface area contributed by atoms with Gasteiger partial charge in [0.1, 0.15) is 6.61 Å². The van der Waals surface area contributed by atoms with Crippen molar-refractivity contribution in [2.45, 2.75) is 19.6 Å². The number of esters is 1. The summed E-state index contributed by atoms with van der Waals surface area (Å²) in [4.78, 5) is 11.7. The summed E-state index contributed by atoms with van der Waals surface area (Å²) in [6.07, 6.45) is 3.04. The first-order valence-electron chi connectivity index (χ1n) is 11.4. The van der Waals surface area contributed by atoms with E-state index in [1.54, 1.807) is 19.2 Å². The molecule has 0 saturated heterocycles. The van der Waals surface area contributed by atoms with Gasteiger partial charge in [-0.05, 0) is 52.9 Å². The van der Waals surface area contributed by atoms with Gasteiger partial charge in [-0.25, -0.2) is 4.79 Å². The minimum absolute atomic E-state index is 0. The number of halogens is 1. The van der Waals surface area contributed by atoms with E-state index in [1.807, 2.05) is 24.3 Å². The topological polar surface area (TPSA) is 67.1 Å². The molecule has 0 aliphatic carbocycles. The van der Waals surface area contributed by atoms with Crippen LogP contribution in [-0.4, -0.2) is 27.0 Å². The molecular weight excluding hydrogens is 526 g/mol. The number of ether oxygens (including phenoxy) is 5. The lowest BCUT2D eigenvalue weighted by atomic mass is 9.95. The summed E-state index contributed by atoms with van der Waals surface area (Å²) in [5.41, 5.74) is 4.99. The number of benzene rings is 3. The highest BCUT2D eigenvalue weighted by Crippen LogP contribution is 2.41. The minimum atomic E-state index is -0.361. The predicted molar refractivity (Wildman–Crippen MR) is 128 cm³/mol. The normalized spacial score (nSPS) is 12.8. The van der Waals surface area contributed by atoms with E-state index < -0.39 is 0 Å². The van der Waals surface area contributed by atoms with Crippen molar-refractivity contribution in [3.63, 3.8) is 0 Å². The van der Waals surface area contributed by atoms with Gasteiger partial charge in [-0.15, -0.1) is 0 Å². The Kier molecular flexibility index (Phi) is 6.45. The average molecular weight is 550 g/mol. The molecule has 0 spiro atoms. The number of aryl methyl sites for hydroxylation is 2. The summed E-state index contributed by atoms with van der Waals surface area (Å²) in [5.74, 6) is 2.60. The molecule has 2 aliphatic rings. The molecular formula is C28H24BrNO6. The lowest BCUT2D eigenvalue weighted by Gasteiger charge is -2.18. The third kappa shape index (κ3) is 4.11. The van der Waals surface area contributed by atoms with Crippen molar-refractivity contribution in [2.75, 3.05) is 21.0 Å². The van der Waals surface area contributed by atoms with Crippen LogP contribution in [0.5, 0.6) is 23.0 Å². The summed E-state index contributed by atoms with van der Waals surface area (Å²) >= 11 is 0. The first kappa shape index (κ1) is 23.9. The summed E-state index contributed by atoms with van der Waals surface area (Å²) in [7, 11) is 3.01. The molecule has 0 saturated carbocycles. The molecule has 3 heterocycles. The van der Waals surface area contributed by atoms with Crippen LogP contribution in [0, 0.1) is 0 Å². The van der Waals surface area contributed by atoms with Crippen molar-refractivity contribution in [3.05, 3.63) is 77.5 Å². The van der Waals surface area contributed by atoms with Gasteiger partial charge >= 0.3 is 5.97 Å². The third-order valence-corrected chi connectivity index (χ3v) is 6.55. The second-order valence-corrected chi connectivity index (χ2v) is 8.54. The van der Waals surface area contributed by atoms with Crippen LogP contribution >= 0.6 is 0 Å². The lowest BCUT2D eigenvalue weighted by Crippen LogP contribution is -3.00. The number of carbonyl (C=O) groups is 1. The summed E-state index contributed by atoms with van der Waals surface area (Å²) in [6, 6.07) is 17.5. The van der Waals surface area contributed by atoms with Crippen LogP contribution in [0.1, 0.15) is 21.5 Å². The SMILES string of the molecule is COC(=O)c1ccc(COc2c(OC)ccc3cc4[n+](cc23)CCc2cc3c(cc2-4)OCO3)cc1.[Br-]. The van der Waals surface area contributed by atoms with E-state index in [9.17, 15) is 4.79 Å². The van der Waals surface area contributed by atoms with Crippen LogP contribution < -0.4 is 40.5 Å². The number of nitrogens with zero attached hydrogens (tertiary/aromatic N) is 1. The zero-order valence-corrected chi connectivity index (χ0v) is 21.5. The van der Waals surface area contributed by atoms with Gasteiger partial charge in [-0.2, -0.15) is 4.57 Å². The minimum Gasteiger partial charge on any atom is -1.00 e. The summed E-state index contributed by atoms with van der Waals surface area (Å²) in [6.45, 7) is 1.45. The number of fused-ring (bicyclic) bond motifs is 5. The van der Waals surface area contributed by atoms with Crippen LogP contribution in [-0.2, 0) is 24.3 Å². The fraction of sp³-hybridized carbons (Fsp3) is 0.214. The molecule has 0 fully saturated rings. The van der Waals surface area contributed by atoms with Gasteiger partial charge in [0.25, 0.3) is 0 Å². The average Bonchev–Trinajstić information content (AvgIpc) is 3.36. The van der Waals surface area contributed by atoms with E-state index in [-0.39, 0.29) is 29.7 Å². The second kappa shape index (κ2) is 9.70.